The molecule has 0 fully saturated rings. The lowest BCUT2D eigenvalue weighted by Gasteiger charge is -2.23. The van der Waals surface area contributed by atoms with Crippen molar-refractivity contribution in [2.24, 2.45) is 11.3 Å². The Labute approximate surface area is 72.4 Å². The first-order valence-electron chi connectivity index (χ1n) is 4.81. The number of hydrogen-bond acceptors (Lipinski definition) is 0. The molecule has 0 aliphatic rings. The van der Waals surface area contributed by atoms with Crippen LogP contribution < -0.4 is 0 Å². The second-order valence-electron chi connectivity index (χ2n) is 4.47. The second kappa shape index (κ2) is 4.79. The van der Waals surface area contributed by atoms with Gasteiger partial charge in [-0.15, -0.1) is 0 Å². The highest BCUT2D eigenvalue weighted by atomic mass is 14.2. The van der Waals surface area contributed by atoms with E-state index in [0.29, 0.717) is 5.41 Å². The lowest BCUT2D eigenvalue weighted by atomic mass is 9.82. The zero-order valence-electron chi connectivity index (χ0n) is 8.61. The van der Waals surface area contributed by atoms with Gasteiger partial charge < -0.3 is 0 Å². The van der Waals surface area contributed by atoms with Crippen LogP contribution in [0.4, 0.5) is 0 Å². The molecule has 0 rings (SSSR count). The summed E-state index contributed by atoms with van der Waals surface area (Å²) in [6.45, 7) is 13.2. The third-order valence-electron chi connectivity index (χ3n) is 2.69. The predicted octanol–water partition coefficient (Wildman–Crippen LogP) is 4.06. The van der Waals surface area contributed by atoms with E-state index in [9.17, 15) is 0 Å². The maximum absolute atomic E-state index is 3.96. The molecule has 0 spiro atoms. The first-order valence-corrected chi connectivity index (χ1v) is 4.81. The van der Waals surface area contributed by atoms with Crippen molar-refractivity contribution in [1.29, 1.82) is 0 Å². The van der Waals surface area contributed by atoms with E-state index in [1.165, 1.54) is 19.3 Å². The summed E-state index contributed by atoms with van der Waals surface area (Å²) >= 11 is 0. The van der Waals surface area contributed by atoms with E-state index in [-0.39, 0.29) is 0 Å². The van der Waals surface area contributed by atoms with E-state index in [0.717, 1.165) is 12.3 Å². The summed E-state index contributed by atoms with van der Waals surface area (Å²) < 4.78 is 0. The van der Waals surface area contributed by atoms with Gasteiger partial charge >= 0.3 is 0 Å². The Kier molecular flexibility index (Phi) is 4.79. The van der Waals surface area contributed by atoms with Crippen LogP contribution in [0.5, 0.6) is 0 Å². The van der Waals surface area contributed by atoms with Crippen LogP contribution in [-0.4, -0.2) is 0 Å². The topological polar surface area (TPSA) is 0 Å². The first kappa shape index (κ1) is 11.0. The van der Waals surface area contributed by atoms with E-state index in [1.54, 1.807) is 0 Å². The summed E-state index contributed by atoms with van der Waals surface area (Å²) in [5.41, 5.74) is 0.462. The summed E-state index contributed by atoms with van der Waals surface area (Å²) in [5.74, 6) is 0.890. The van der Waals surface area contributed by atoms with Crippen LogP contribution in [0, 0.1) is 18.3 Å². The molecule has 0 amide bonds. The van der Waals surface area contributed by atoms with Gasteiger partial charge in [0.05, 0.1) is 0 Å². The van der Waals surface area contributed by atoms with Gasteiger partial charge in [0.1, 0.15) is 0 Å². The Bertz CT molecular complexity index is 92.2. The molecule has 0 N–H and O–H groups in total. The van der Waals surface area contributed by atoms with Gasteiger partial charge in [0.25, 0.3) is 0 Å². The standard InChI is InChI=1S/C11H23/c1-6-10(3)8-9-11(4,5)7-2/h10H,2,6-9H2,1,3-5H3. The van der Waals surface area contributed by atoms with Gasteiger partial charge in [-0.25, -0.2) is 0 Å². The molecule has 0 heterocycles. The molecule has 0 nitrogen and oxygen atoms in total. The van der Waals surface area contributed by atoms with Crippen molar-refractivity contribution in [3.63, 3.8) is 0 Å². The van der Waals surface area contributed by atoms with Gasteiger partial charge in [0.15, 0.2) is 0 Å². The van der Waals surface area contributed by atoms with Crippen molar-refractivity contribution in [1.82, 2.24) is 0 Å². The fraction of sp³-hybridized carbons (Fsp3) is 0.909. The average molecular weight is 155 g/mol. The third kappa shape index (κ3) is 5.29. The predicted molar refractivity (Wildman–Crippen MR) is 52.4 cm³/mol. The minimum absolute atomic E-state index is 0.462. The van der Waals surface area contributed by atoms with Crippen LogP contribution >= 0.6 is 0 Å². The SMILES string of the molecule is [CH2]CC(C)(C)CCC(C)CC. The van der Waals surface area contributed by atoms with Crippen LogP contribution in [0.25, 0.3) is 0 Å². The van der Waals surface area contributed by atoms with E-state index >= 15 is 0 Å². The Morgan fingerprint density at radius 2 is 1.91 bits per heavy atom. The Hall–Kier alpha value is 0. The van der Waals surface area contributed by atoms with Gasteiger partial charge in [-0.3, -0.25) is 0 Å². The maximum atomic E-state index is 3.96. The zero-order valence-corrected chi connectivity index (χ0v) is 8.61. The van der Waals surface area contributed by atoms with Crippen molar-refractivity contribution in [3.05, 3.63) is 6.92 Å². The molecule has 0 bridgehead atoms. The fourth-order valence-corrected chi connectivity index (χ4v) is 0.966. The Morgan fingerprint density at radius 3 is 2.27 bits per heavy atom. The smallest absolute Gasteiger partial charge is 0.0354 e. The Morgan fingerprint density at radius 1 is 1.36 bits per heavy atom. The molecule has 1 radical (unpaired) electrons. The molecule has 0 aromatic heterocycles. The number of hydrogen-bond donors (Lipinski definition) is 0. The molecule has 0 aliphatic heterocycles. The lowest BCUT2D eigenvalue weighted by Crippen LogP contribution is -2.11. The Balaban J connectivity index is 3.52. The average Bonchev–Trinajstić information content (AvgIpc) is 2.00. The van der Waals surface area contributed by atoms with Gasteiger partial charge in [-0.1, -0.05) is 47.5 Å². The molecule has 1 unspecified atom stereocenters. The van der Waals surface area contributed by atoms with Gasteiger partial charge in [0.2, 0.25) is 0 Å². The first-order chi connectivity index (χ1) is 5.02. The minimum Gasteiger partial charge on any atom is -0.0651 e. The van der Waals surface area contributed by atoms with Crippen LogP contribution in [0.1, 0.15) is 53.4 Å². The molecule has 0 heteroatoms. The monoisotopic (exact) mass is 155 g/mol. The van der Waals surface area contributed by atoms with E-state index in [1.807, 2.05) is 0 Å². The van der Waals surface area contributed by atoms with Crippen molar-refractivity contribution < 1.29 is 0 Å². The van der Waals surface area contributed by atoms with Crippen molar-refractivity contribution in [2.45, 2.75) is 53.4 Å². The summed E-state index contributed by atoms with van der Waals surface area (Å²) in [6, 6.07) is 0. The molecular weight excluding hydrogens is 132 g/mol. The van der Waals surface area contributed by atoms with E-state index < -0.39 is 0 Å². The molecule has 0 aromatic rings. The second-order valence-corrected chi connectivity index (χ2v) is 4.47. The van der Waals surface area contributed by atoms with Crippen molar-refractivity contribution >= 4 is 0 Å². The third-order valence-corrected chi connectivity index (χ3v) is 2.69. The molecule has 11 heavy (non-hydrogen) atoms. The van der Waals surface area contributed by atoms with Crippen LogP contribution in [0.3, 0.4) is 0 Å². The van der Waals surface area contributed by atoms with Crippen LogP contribution in [0.2, 0.25) is 0 Å². The fourth-order valence-electron chi connectivity index (χ4n) is 0.966. The van der Waals surface area contributed by atoms with Gasteiger partial charge in [-0.2, -0.15) is 0 Å². The normalized spacial score (nSPS) is 15.0. The maximum Gasteiger partial charge on any atom is -0.0354 e. The minimum atomic E-state index is 0.462. The highest BCUT2D eigenvalue weighted by Crippen LogP contribution is 2.28. The molecule has 0 saturated heterocycles. The zero-order chi connectivity index (χ0) is 8.91. The molecule has 0 aromatic carbocycles. The quantitative estimate of drug-likeness (QED) is 0.561. The molecule has 0 aliphatic carbocycles. The van der Waals surface area contributed by atoms with Crippen molar-refractivity contribution in [2.75, 3.05) is 0 Å². The molecule has 1 atom stereocenters. The van der Waals surface area contributed by atoms with E-state index in [2.05, 4.69) is 34.6 Å². The largest absolute Gasteiger partial charge is 0.0651 e. The summed E-state index contributed by atoms with van der Waals surface area (Å²) in [7, 11) is 0. The van der Waals surface area contributed by atoms with Crippen molar-refractivity contribution in [3.8, 4) is 0 Å². The molecule has 0 saturated carbocycles. The highest BCUT2D eigenvalue weighted by Gasteiger charge is 2.15. The number of rotatable bonds is 5. The molecule has 67 valence electrons. The summed E-state index contributed by atoms with van der Waals surface area (Å²) in [4.78, 5) is 0. The highest BCUT2D eigenvalue weighted by molar-refractivity contribution is 4.70. The molecular formula is C11H23. The van der Waals surface area contributed by atoms with Gasteiger partial charge in [0, 0.05) is 0 Å². The van der Waals surface area contributed by atoms with E-state index in [4.69, 9.17) is 0 Å². The lowest BCUT2D eigenvalue weighted by molar-refractivity contribution is 0.298. The van der Waals surface area contributed by atoms with Crippen LogP contribution in [0.15, 0.2) is 0 Å². The summed E-state index contributed by atoms with van der Waals surface area (Å²) in [5, 5.41) is 0. The summed E-state index contributed by atoms with van der Waals surface area (Å²) in [6.07, 6.45) is 5.06. The van der Waals surface area contributed by atoms with Gasteiger partial charge in [-0.05, 0) is 24.2 Å². The van der Waals surface area contributed by atoms with Crippen LogP contribution in [-0.2, 0) is 0 Å².